The Bertz CT molecular complexity index is 418. The zero-order chi connectivity index (χ0) is 13.7. The Hall–Kier alpha value is -1.35. The quantitative estimate of drug-likeness (QED) is 0.886. The zero-order valence-electron chi connectivity index (χ0n) is 11.5. The van der Waals surface area contributed by atoms with Crippen LogP contribution in [-0.2, 0) is 4.79 Å². The number of aliphatic hydroxyl groups excluding tert-OH is 1. The molecule has 1 fully saturated rings. The van der Waals surface area contributed by atoms with E-state index in [1.807, 2.05) is 31.2 Å². The van der Waals surface area contributed by atoms with Crippen molar-refractivity contribution in [2.75, 3.05) is 6.61 Å². The molecular formula is C16H22O3. The second-order valence-corrected chi connectivity index (χ2v) is 5.29. The molecule has 0 amide bonds. The molecule has 0 aliphatic heterocycles. The van der Waals surface area contributed by atoms with E-state index in [9.17, 15) is 9.90 Å². The van der Waals surface area contributed by atoms with E-state index in [-0.39, 0.29) is 0 Å². The summed E-state index contributed by atoms with van der Waals surface area (Å²) < 4.78 is 5.79. The van der Waals surface area contributed by atoms with Gasteiger partial charge < -0.3 is 9.84 Å². The molecular weight excluding hydrogens is 240 g/mol. The standard InChI is InChI=1S/C16H22O3/c1-2-16(18)13-4-3-5-15(10-13)19-11-12-6-8-14(17)9-7-12/h3-5,10,12,16,18H,2,6-9,11H2,1H3. The lowest BCUT2D eigenvalue weighted by Gasteiger charge is -2.21. The molecule has 0 spiro atoms. The molecule has 1 N–H and O–H groups in total. The molecule has 1 aliphatic carbocycles. The molecule has 3 nitrogen and oxygen atoms in total. The first kappa shape index (κ1) is 14.1. The normalized spacial score (nSPS) is 18.3. The summed E-state index contributed by atoms with van der Waals surface area (Å²) >= 11 is 0. The maximum absolute atomic E-state index is 11.2. The van der Waals surface area contributed by atoms with Crippen LogP contribution in [0.1, 0.15) is 50.7 Å². The molecule has 3 heteroatoms. The summed E-state index contributed by atoms with van der Waals surface area (Å²) in [6.45, 7) is 2.62. The van der Waals surface area contributed by atoms with Crippen molar-refractivity contribution in [3.63, 3.8) is 0 Å². The Morgan fingerprint density at radius 2 is 2.11 bits per heavy atom. The van der Waals surface area contributed by atoms with Crippen LogP contribution in [0.5, 0.6) is 5.75 Å². The smallest absolute Gasteiger partial charge is 0.132 e. The SMILES string of the molecule is CCC(O)c1cccc(OCC2CCC(=O)CC2)c1. The first-order valence-electron chi connectivity index (χ1n) is 7.11. The van der Waals surface area contributed by atoms with Crippen LogP contribution in [0.2, 0.25) is 0 Å². The topological polar surface area (TPSA) is 46.5 Å². The number of hydrogen-bond acceptors (Lipinski definition) is 3. The second kappa shape index (κ2) is 6.71. The first-order valence-corrected chi connectivity index (χ1v) is 7.11. The number of ketones is 1. The van der Waals surface area contributed by atoms with Gasteiger partial charge in [0.05, 0.1) is 12.7 Å². The number of benzene rings is 1. The van der Waals surface area contributed by atoms with Crippen molar-refractivity contribution in [1.29, 1.82) is 0 Å². The van der Waals surface area contributed by atoms with Crippen LogP contribution in [0.3, 0.4) is 0 Å². The van der Waals surface area contributed by atoms with Crippen LogP contribution in [0.25, 0.3) is 0 Å². The van der Waals surface area contributed by atoms with E-state index in [0.717, 1.165) is 24.2 Å². The summed E-state index contributed by atoms with van der Waals surface area (Å²) in [5.41, 5.74) is 0.902. The molecule has 1 aromatic rings. The predicted octanol–water partition coefficient (Wildman–Crippen LogP) is 3.27. The lowest BCUT2D eigenvalue weighted by Crippen LogP contribution is -2.19. The molecule has 0 saturated heterocycles. The lowest BCUT2D eigenvalue weighted by molar-refractivity contribution is -0.121. The Labute approximate surface area is 114 Å². The minimum Gasteiger partial charge on any atom is -0.493 e. The van der Waals surface area contributed by atoms with Crippen LogP contribution < -0.4 is 4.74 Å². The average Bonchev–Trinajstić information content (AvgIpc) is 2.46. The molecule has 0 aromatic heterocycles. The highest BCUT2D eigenvalue weighted by Crippen LogP contribution is 2.25. The Morgan fingerprint density at radius 1 is 1.37 bits per heavy atom. The van der Waals surface area contributed by atoms with E-state index in [4.69, 9.17) is 4.74 Å². The molecule has 1 saturated carbocycles. The summed E-state index contributed by atoms with van der Waals surface area (Å²) in [6.07, 6.45) is 3.56. The van der Waals surface area contributed by atoms with Gasteiger partial charge in [0.2, 0.25) is 0 Å². The van der Waals surface area contributed by atoms with Crippen molar-refractivity contribution in [3.8, 4) is 5.75 Å². The highest BCUT2D eigenvalue weighted by Gasteiger charge is 2.19. The Kier molecular flexibility index (Phi) is 4.97. The van der Waals surface area contributed by atoms with E-state index in [1.54, 1.807) is 0 Å². The minimum absolute atomic E-state index is 0.379. The molecule has 104 valence electrons. The monoisotopic (exact) mass is 262 g/mol. The van der Waals surface area contributed by atoms with E-state index >= 15 is 0 Å². The van der Waals surface area contributed by atoms with Crippen LogP contribution in [0.15, 0.2) is 24.3 Å². The summed E-state index contributed by atoms with van der Waals surface area (Å²) in [4.78, 5) is 11.2. The van der Waals surface area contributed by atoms with Gasteiger partial charge in [0.25, 0.3) is 0 Å². The average molecular weight is 262 g/mol. The van der Waals surface area contributed by atoms with Gasteiger partial charge in [-0.05, 0) is 42.9 Å². The van der Waals surface area contributed by atoms with Crippen molar-refractivity contribution in [2.24, 2.45) is 5.92 Å². The third-order valence-corrected chi connectivity index (χ3v) is 3.78. The number of aliphatic hydroxyl groups is 1. The summed E-state index contributed by atoms with van der Waals surface area (Å²) in [6, 6.07) is 7.65. The van der Waals surface area contributed by atoms with Gasteiger partial charge in [0.1, 0.15) is 11.5 Å². The van der Waals surface area contributed by atoms with Gasteiger partial charge in [-0.1, -0.05) is 19.1 Å². The number of carbonyl (C=O) groups is 1. The van der Waals surface area contributed by atoms with E-state index in [0.29, 0.717) is 37.6 Å². The van der Waals surface area contributed by atoms with Crippen LogP contribution in [0, 0.1) is 5.92 Å². The number of ether oxygens (including phenoxy) is 1. The van der Waals surface area contributed by atoms with Crippen LogP contribution >= 0.6 is 0 Å². The highest BCUT2D eigenvalue weighted by atomic mass is 16.5. The molecule has 1 atom stereocenters. The van der Waals surface area contributed by atoms with Gasteiger partial charge >= 0.3 is 0 Å². The van der Waals surface area contributed by atoms with E-state index in [2.05, 4.69) is 0 Å². The third-order valence-electron chi connectivity index (χ3n) is 3.78. The predicted molar refractivity (Wildman–Crippen MR) is 74.2 cm³/mol. The fraction of sp³-hybridized carbons (Fsp3) is 0.562. The van der Waals surface area contributed by atoms with Gasteiger partial charge in [0.15, 0.2) is 0 Å². The maximum atomic E-state index is 11.2. The molecule has 1 unspecified atom stereocenters. The van der Waals surface area contributed by atoms with E-state index in [1.165, 1.54) is 0 Å². The third kappa shape index (κ3) is 4.06. The lowest BCUT2D eigenvalue weighted by atomic mass is 9.89. The number of carbonyl (C=O) groups excluding carboxylic acids is 1. The Morgan fingerprint density at radius 3 is 2.79 bits per heavy atom. The van der Waals surface area contributed by atoms with Crippen LogP contribution in [0.4, 0.5) is 0 Å². The van der Waals surface area contributed by atoms with Crippen molar-refractivity contribution in [3.05, 3.63) is 29.8 Å². The van der Waals surface area contributed by atoms with Gasteiger partial charge in [0, 0.05) is 12.8 Å². The van der Waals surface area contributed by atoms with Gasteiger partial charge in [-0.25, -0.2) is 0 Å². The van der Waals surface area contributed by atoms with Gasteiger partial charge in [-0.2, -0.15) is 0 Å². The summed E-state index contributed by atoms with van der Waals surface area (Å²) in [5, 5.41) is 9.81. The second-order valence-electron chi connectivity index (χ2n) is 5.29. The minimum atomic E-state index is -0.421. The van der Waals surface area contributed by atoms with E-state index < -0.39 is 6.10 Å². The molecule has 0 heterocycles. The summed E-state index contributed by atoms with van der Waals surface area (Å²) in [5.74, 6) is 1.67. The van der Waals surface area contributed by atoms with Crippen LogP contribution in [-0.4, -0.2) is 17.5 Å². The molecule has 19 heavy (non-hydrogen) atoms. The molecule has 1 aromatic carbocycles. The first-order chi connectivity index (χ1) is 9.19. The number of rotatable bonds is 5. The Balaban J connectivity index is 1.87. The van der Waals surface area contributed by atoms with Crippen molar-refractivity contribution in [2.45, 2.75) is 45.1 Å². The van der Waals surface area contributed by atoms with Crippen molar-refractivity contribution < 1.29 is 14.6 Å². The summed E-state index contributed by atoms with van der Waals surface area (Å²) in [7, 11) is 0. The highest BCUT2D eigenvalue weighted by molar-refractivity contribution is 5.79. The molecule has 0 radical (unpaired) electrons. The fourth-order valence-electron chi connectivity index (χ4n) is 2.43. The van der Waals surface area contributed by atoms with Gasteiger partial charge in [-0.3, -0.25) is 4.79 Å². The number of Topliss-reactive ketones (excluding diaryl/α,β-unsaturated/α-hetero) is 1. The molecule has 2 rings (SSSR count). The van der Waals surface area contributed by atoms with Crippen molar-refractivity contribution >= 4 is 5.78 Å². The zero-order valence-corrected chi connectivity index (χ0v) is 11.5. The van der Waals surface area contributed by atoms with Gasteiger partial charge in [-0.15, -0.1) is 0 Å². The largest absolute Gasteiger partial charge is 0.493 e. The molecule has 1 aliphatic rings. The maximum Gasteiger partial charge on any atom is 0.132 e. The number of hydrogen-bond donors (Lipinski definition) is 1. The van der Waals surface area contributed by atoms with Crippen molar-refractivity contribution in [1.82, 2.24) is 0 Å². The molecule has 0 bridgehead atoms. The fourth-order valence-corrected chi connectivity index (χ4v) is 2.43.